The molecule has 5 heteroatoms. The van der Waals surface area contributed by atoms with E-state index < -0.39 is 11.6 Å². The van der Waals surface area contributed by atoms with Crippen molar-refractivity contribution in [2.24, 2.45) is 0 Å². The van der Waals surface area contributed by atoms with E-state index >= 15 is 0 Å². The van der Waals surface area contributed by atoms with Gasteiger partial charge in [-0.15, -0.1) is 0 Å². The smallest absolute Gasteiger partial charge is 0.209 e. The van der Waals surface area contributed by atoms with Crippen LogP contribution >= 0.6 is 0 Å². The van der Waals surface area contributed by atoms with Gasteiger partial charge < -0.3 is 4.90 Å². The third kappa shape index (κ3) is 2.79. The lowest BCUT2D eigenvalue weighted by atomic mass is 10.1. The van der Waals surface area contributed by atoms with Crippen LogP contribution in [0.1, 0.15) is 5.56 Å². The van der Waals surface area contributed by atoms with Gasteiger partial charge >= 0.3 is 0 Å². The van der Waals surface area contributed by atoms with Gasteiger partial charge in [-0.2, -0.15) is 0 Å². The highest BCUT2D eigenvalue weighted by atomic mass is 19.1. The fraction of sp³-hybridized carbons (Fsp3) is 0.417. The van der Waals surface area contributed by atoms with Gasteiger partial charge in [0, 0.05) is 38.3 Å². The Bertz CT molecular complexity index is 383. The Morgan fingerprint density at radius 3 is 2.24 bits per heavy atom. The third-order valence-electron chi connectivity index (χ3n) is 3.00. The van der Waals surface area contributed by atoms with Crippen molar-refractivity contribution in [3.63, 3.8) is 0 Å². The number of benzene rings is 1. The van der Waals surface area contributed by atoms with E-state index in [4.69, 9.17) is 0 Å². The van der Waals surface area contributed by atoms with Gasteiger partial charge in [0.2, 0.25) is 6.41 Å². The molecular formula is C12H14F2N2O. The molecule has 0 bridgehead atoms. The van der Waals surface area contributed by atoms with Crippen LogP contribution in [0.2, 0.25) is 0 Å². The van der Waals surface area contributed by atoms with Crippen molar-refractivity contribution in [3.8, 4) is 0 Å². The van der Waals surface area contributed by atoms with Crippen molar-refractivity contribution in [2.75, 3.05) is 26.2 Å². The molecule has 0 aliphatic carbocycles. The number of hydrogen-bond donors (Lipinski definition) is 0. The minimum atomic E-state index is -0.511. The summed E-state index contributed by atoms with van der Waals surface area (Å²) in [6, 6.07) is 3.89. The highest BCUT2D eigenvalue weighted by Crippen LogP contribution is 2.15. The summed E-state index contributed by atoms with van der Waals surface area (Å²) in [4.78, 5) is 14.1. The SMILES string of the molecule is O=CN1CCN(Cc2c(F)cccc2F)CC1. The van der Waals surface area contributed by atoms with E-state index in [9.17, 15) is 13.6 Å². The number of carbonyl (C=O) groups excluding carboxylic acids is 1. The predicted octanol–water partition coefficient (Wildman–Crippen LogP) is 1.24. The van der Waals surface area contributed by atoms with Crippen LogP contribution in [0.15, 0.2) is 18.2 Å². The molecule has 0 spiro atoms. The second-order valence-electron chi connectivity index (χ2n) is 4.12. The molecule has 0 radical (unpaired) electrons. The van der Waals surface area contributed by atoms with Crippen molar-refractivity contribution < 1.29 is 13.6 Å². The van der Waals surface area contributed by atoms with E-state index in [2.05, 4.69) is 0 Å². The van der Waals surface area contributed by atoms with Gasteiger partial charge in [-0.05, 0) is 12.1 Å². The lowest BCUT2D eigenvalue weighted by Crippen LogP contribution is -2.45. The summed E-state index contributed by atoms with van der Waals surface area (Å²) in [7, 11) is 0. The molecular weight excluding hydrogens is 226 g/mol. The minimum Gasteiger partial charge on any atom is -0.343 e. The number of nitrogens with zero attached hydrogens (tertiary/aromatic N) is 2. The molecule has 0 unspecified atom stereocenters. The average molecular weight is 240 g/mol. The van der Waals surface area contributed by atoms with Crippen LogP contribution in [-0.2, 0) is 11.3 Å². The molecule has 1 aliphatic rings. The second kappa shape index (κ2) is 5.23. The molecule has 0 atom stereocenters. The van der Waals surface area contributed by atoms with Gasteiger partial charge in [0.15, 0.2) is 0 Å². The summed E-state index contributed by atoms with van der Waals surface area (Å²) in [5, 5.41) is 0. The monoisotopic (exact) mass is 240 g/mol. The molecule has 0 saturated carbocycles. The molecule has 1 amide bonds. The van der Waals surface area contributed by atoms with Crippen molar-refractivity contribution in [1.29, 1.82) is 0 Å². The van der Waals surface area contributed by atoms with E-state index in [0.29, 0.717) is 26.2 Å². The summed E-state index contributed by atoms with van der Waals surface area (Å²) in [5.74, 6) is -1.02. The molecule has 1 saturated heterocycles. The number of carbonyl (C=O) groups is 1. The van der Waals surface area contributed by atoms with Crippen molar-refractivity contribution in [1.82, 2.24) is 9.80 Å². The molecule has 3 nitrogen and oxygen atoms in total. The topological polar surface area (TPSA) is 23.6 Å². The highest BCUT2D eigenvalue weighted by Gasteiger charge is 2.18. The Balaban J connectivity index is 2.00. The fourth-order valence-electron chi connectivity index (χ4n) is 1.93. The Labute approximate surface area is 98.6 Å². The summed E-state index contributed by atoms with van der Waals surface area (Å²) in [6.07, 6.45) is 0.807. The first-order valence-corrected chi connectivity index (χ1v) is 5.55. The fourth-order valence-corrected chi connectivity index (χ4v) is 1.93. The first-order chi connectivity index (χ1) is 8.20. The minimum absolute atomic E-state index is 0.104. The van der Waals surface area contributed by atoms with Crippen LogP contribution in [0.4, 0.5) is 8.78 Å². The van der Waals surface area contributed by atoms with Crippen LogP contribution < -0.4 is 0 Å². The first kappa shape index (κ1) is 12.0. The summed E-state index contributed by atoms with van der Waals surface area (Å²) >= 11 is 0. The van der Waals surface area contributed by atoms with E-state index in [1.54, 1.807) is 4.90 Å². The first-order valence-electron chi connectivity index (χ1n) is 5.55. The molecule has 1 aromatic carbocycles. The van der Waals surface area contributed by atoms with E-state index in [1.807, 2.05) is 4.90 Å². The van der Waals surface area contributed by atoms with E-state index in [1.165, 1.54) is 18.2 Å². The van der Waals surface area contributed by atoms with Gasteiger partial charge in [0.05, 0.1) is 0 Å². The van der Waals surface area contributed by atoms with Crippen LogP contribution in [0, 0.1) is 11.6 Å². The normalized spacial score (nSPS) is 17.2. The van der Waals surface area contributed by atoms with Crippen LogP contribution in [-0.4, -0.2) is 42.4 Å². The summed E-state index contributed by atoms with van der Waals surface area (Å²) in [5.41, 5.74) is 0.104. The van der Waals surface area contributed by atoms with Gasteiger partial charge in [0.1, 0.15) is 11.6 Å². The third-order valence-corrected chi connectivity index (χ3v) is 3.00. The lowest BCUT2D eigenvalue weighted by Gasteiger charge is -2.32. The lowest BCUT2D eigenvalue weighted by molar-refractivity contribution is -0.119. The predicted molar refractivity (Wildman–Crippen MR) is 59.3 cm³/mol. The second-order valence-corrected chi connectivity index (χ2v) is 4.12. The van der Waals surface area contributed by atoms with E-state index in [-0.39, 0.29) is 12.1 Å². The van der Waals surface area contributed by atoms with Crippen LogP contribution in [0.25, 0.3) is 0 Å². The number of halogens is 2. The van der Waals surface area contributed by atoms with E-state index in [0.717, 1.165) is 6.41 Å². The molecule has 1 aromatic rings. The summed E-state index contributed by atoms with van der Waals surface area (Å²) < 4.78 is 26.8. The molecule has 0 aromatic heterocycles. The molecule has 1 fully saturated rings. The zero-order valence-electron chi connectivity index (χ0n) is 9.40. The van der Waals surface area contributed by atoms with Crippen molar-refractivity contribution in [2.45, 2.75) is 6.54 Å². The summed E-state index contributed by atoms with van der Waals surface area (Å²) in [6.45, 7) is 2.77. The maximum Gasteiger partial charge on any atom is 0.209 e. The maximum absolute atomic E-state index is 13.4. The largest absolute Gasteiger partial charge is 0.343 e. The van der Waals surface area contributed by atoms with Gasteiger partial charge in [-0.25, -0.2) is 8.78 Å². The Kier molecular flexibility index (Phi) is 3.68. The number of rotatable bonds is 3. The van der Waals surface area contributed by atoms with Crippen molar-refractivity contribution in [3.05, 3.63) is 35.4 Å². The number of piperazine rings is 1. The standard InChI is InChI=1S/C12H14F2N2O/c13-11-2-1-3-12(14)10(11)8-15-4-6-16(9-17)7-5-15/h1-3,9H,4-8H2. The number of amides is 1. The zero-order valence-corrected chi connectivity index (χ0v) is 9.40. The van der Waals surface area contributed by atoms with Crippen molar-refractivity contribution >= 4 is 6.41 Å². The highest BCUT2D eigenvalue weighted by molar-refractivity contribution is 5.47. The molecule has 0 N–H and O–H groups in total. The maximum atomic E-state index is 13.4. The number of hydrogen-bond acceptors (Lipinski definition) is 2. The molecule has 92 valence electrons. The van der Waals surface area contributed by atoms with Gasteiger partial charge in [0.25, 0.3) is 0 Å². The quantitative estimate of drug-likeness (QED) is 0.742. The molecule has 1 aliphatic heterocycles. The zero-order chi connectivity index (χ0) is 12.3. The Morgan fingerprint density at radius 2 is 1.71 bits per heavy atom. The molecule has 2 rings (SSSR count). The molecule has 17 heavy (non-hydrogen) atoms. The van der Waals surface area contributed by atoms with Crippen LogP contribution in [0.3, 0.4) is 0 Å². The van der Waals surface area contributed by atoms with Gasteiger partial charge in [-0.1, -0.05) is 6.07 Å². The van der Waals surface area contributed by atoms with Gasteiger partial charge in [-0.3, -0.25) is 9.69 Å². The average Bonchev–Trinajstić information content (AvgIpc) is 2.35. The molecule has 1 heterocycles. The Hall–Kier alpha value is -1.49. The van der Waals surface area contributed by atoms with Crippen LogP contribution in [0.5, 0.6) is 0 Å². The Morgan fingerprint density at radius 1 is 1.12 bits per heavy atom.